The van der Waals surface area contributed by atoms with E-state index in [1.54, 1.807) is 0 Å². The second kappa shape index (κ2) is 3.05. The maximum atomic E-state index is 3.74. The molecule has 0 aromatic rings. The molecule has 0 heteroatoms. The fourth-order valence-corrected chi connectivity index (χ4v) is 1.05. The Morgan fingerprint density at radius 3 is 2.00 bits per heavy atom. The number of rotatable bonds is 2. The lowest BCUT2D eigenvalue weighted by Crippen LogP contribution is -2.08. The third kappa shape index (κ3) is 5.61. The van der Waals surface area contributed by atoms with Gasteiger partial charge in [-0.15, -0.1) is 6.58 Å². The van der Waals surface area contributed by atoms with Crippen molar-refractivity contribution >= 4 is 0 Å². The lowest BCUT2D eigenvalue weighted by Gasteiger charge is -2.20. The van der Waals surface area contributed by atoms with Gasteiger partial charge < -0.3 is 0 Å². The molecule has 0 N–H and O–H groups in total. The Kier molecular flexibility index (Phi) is 2.96. The Hall–Kier alpha value is -0.260. The van der Waals surface area contributed by atoms with Crippen LogP contribution in [0.25, 0.3) is 0 Å². The van der Waals surface area contributed by atoms with Gasteiger partial charge in [-0.1, -0.05) is 33.8 Å². The summed E-state index contributed by atoms with van der Waals surface area (Å²) in [5, 5.41) is 0. The smallest absolute Gasteiger partial charge is 0.0260 e. The molecule has 0 saturated heterocycles. The quantitative estimate of drug-likeness (QED) is 0.498. The van der Waals surface area contributed by atoms with Crippen LogP contribution in [0.4, 0.5) is 0 Å². The molecular weight excluding hydrogens is 108 g/mol. The van der Waals surface area contributed by atoms with Gasteiger partial charge in [0.05, 0.1) is 0 Å². The van der Waals surface area contributed by atoms with Gasteiger partial charge in [0.2, 0.25) is 0 Å². The highest BCUT2D eigenvalue weighted by Gasteiger charge is 2.12. The molecule has 1 unspecified atom stereocenters. The predicted molar refractivity (Wildman–Crippen MR) is 43.4 cm³/mol. The van der Waals surface area contributed by atoms with E-state index in [1.165, 1.54) is 6.42 Å². The maximum Gasteiger partial charge on any atom is -0.0260 e. The van der Waals surface area contributed by atoms with E-state index in [2.05, 4.69) is 34.3 Å². The van der Waals surface area contributed by atoms with Crippen LogP contribution < -0.4 is 0 Å². The van der Waals surface area contributed by atoms with Crippen molar-refractivity contribution in [3.05, 3.63) is 12.7 Å². The minimum atomic E-state index is 0.452. The third-order valence-corrected chi connectivity index (χ3v) is 1.34. The summed E-state index contributed by atoms with van der Waals surface area (Å²) in [6, 6.07) is 0. The first-order valence-corrected chi connectivity index (χ1v) is 3.58. The highest BCUT2D eigenvalue weighted by atomic mass is 14.2. The van der Waals surface area contributed by atoms with E-state index in [0.717, 1.165) is 0 Å². The molecule has 0 nitrogen and oxygen atoms in total. The zero-order chi connectivity index (χ0) is 7.49. The van der Waals surface area contributed by atoms with E-state index < -0.39 is 0 Å². The minimum absolute atomic E-state index is 0.452. The van der Waals surface area contributed by atoms with Gasteiger partial charge >= 0.3 is 0 Å². The topological polar surface area (TPSA) is 0 Å². The van der Waals surface area contributed by atoms with Gasteiger partial charge in [-0.3, -0.25) is 0 Å². The summed E-state index contributed by atoms with van der Waals surface area (Å²) < 4.78 is 0. The maximum absolute atomic E-state index is 3.74. The van der Waals surface area contributed by atoms with Gasteiger partial charge in [0, 0.05) is 0 Å². The molecule has 0 aliphatic carbocycles. The summed E-state index contributed by atoms with van der Waals surface area (Å²) in [5.74, 6) is 0.657. The lowest BCUT2D eigenvalue weighted by molar-refractivity contribution is 0.337. The first kappa shape index (κ1) is 8.74. The highest BCUT2D eigenvalue weighted by Crippen LogP contribution is 2.24. The molecule has 0 aliphatic heterocycles. The van der Waals surface area contributed by atoms with Crippen molar-refractivity contribution in [3.8, 4) is 0 Å². The molecule has 54 valence electrons. The number of hydrogen-bond acceptors (Lipinski definition) is 0. The van der Waals surface area contributed by atoms with Gasteiger partial charge in [0.15, 0.2) is 0 Å². The number of hydrogen-bond donors (Lipinski definition) is 0. The van der Waals surface area contributed by atoms with E-state index in [-0.39, 0.29) is 0 Å². The average molecular weight is 126 g/mol. The molecule has 1 atom stereocenters. The molecule has 0 aromatic carbocycles. The van der Waals surface area contributed by atoms with Crippen LogP contribution in [-0.2, 0) is 0 Å². The molecule has 0 aromatic heterocycles. The van der Waals surface area contributed by atoms with Crippen molar-refractivity contribution in [3.63, 3.8) is 0 Å². The molecule has 0 saturated carbocycles. The second-order valence-electron chi connectivity index (χ2n) is 3.98. The van der Waals surface area contributed by atoms with Crippen molar-refractivity contribution in [2.45, 2.75) is 34.1 Å². The normalized spacial score (nSPS) is 15.1. The Bertz CT molecular complexity index is 84.7. The van der Waals surface area contributed by atoms with Crippen molar-refractivity contribution in [2.24, 2.45) is 11.3 Å². The Balaban J connectivity index is 3.59. The SMILES string of the molecule is C=CC(C)CC(C)(C)C. The first-order chi connectivity index (χ1) is 3.95. The van der Waals surface area contributed by atoms with E-state index in [1.807, 2.05) is 6.08 Å². The standard InChI is InChI=1S/C9H18/c1-6-8(2)7-9(3,4)5/h6,8H,1,7H2,2-5H3. The summed E-state index contributed by atoms with van der Waals surface area (Å²) in [6.45, 7) is 12.7. The zero-order valence-corrected chi connectivity index (χ0v) is 7.07. The fourth-order valence-electron chi connectivity index (χ4n) is 1.05. The van der Waals surface area contributed by atoms with Crippen LogP contribution in [0, 0.1) is 11.3 Å². The van der Waals surface area contributed by atoms with Gasteiger partial charge in [-0.25, -0.2) is 0 Å². The van der Waals surface area contributed by atoms with Crippen LogP contribution in [-0.4, -0.2) is 0 Å². The lowest BCUT2D eigenvalue weighted by atomic mass is 9.86. The van der Waals surface area contributed by atoms with Crippen molar-refractivity contribution in [1.82, 2.24) is 0 Å². The molecule has 0 radical (unpaired) electrons. The molecule has 9 heavy (non-hydrogen) atoms. The summed E-state index contributed by atoms with van der Waals surface area (Å²) >= 11 is 0. The summed E-state index contributed by atoms with van der Waals surface area (Å²) in [6.07, 6.45) is 3.25. The predicted octanol–water partition coefficient (Wildman–Crippen LogP) is 3.24. The molecule has 0 bridgehead atoms. The third-order valence-electron chi connectivity index (χ3n) is 1.34. The van der Waals surface area contributed by atoms with E-state index in [9.17, 15) is 0 Å². The molecule has 0 amide bonds. The van der Waals surface area contributed by atoms with Crippen LogP contribution in [0.15, 0.2) is 12.7 Å². The largest absolute Gasteiger partial charge is 0.103 e. The van der Waals surface area contributed by atoms with Crippen molar-refractivity contribution < 1.29 is 0 Å². The fraction of sp³-hybridized carbons (Fsp3) is 0.778. The monoisotopic (exact) mass is 126 g/mol. The van der Waals surface area contributed by atoms with E-state index in [0.29, 0.717) is 11.3 Å². The highest BCUT2D eigenvalue weighted by molar-refractivity contribution is 4.79. The van der Waals surface area contributed by atoms with Crippen molar-refractivity contribution in [2.75, 3.05) is 0 Å². The second-order valence-corrected chi connectivity index (χ2v) is 3.98. The van der Waals surface area contributed by atoms with Crippen LogP contribution in [0.3, 0.4) is 0 Å². The molecule has 0 aliphatic rings. The molecule has 0 rings (SSSR count). The van der Waals surface area contributed by atoms with E-state index in [4.69, 9.17) is 0 Å². The number of allylic oxidation sites excluding steroid dienone is 1. The molecular formula is C9H18. The minimum Gasteiger partial charge on any atom is -0.103 e. The van der Waals surface area contributed by atoms with Crippen LogP contribution in [0.1, 0.15) is 34.1 Å². The Morgan fingerprint density at radius 1 is 1.44 bits per heavy atom. The van der Waals surface area contributed by atoms with Gasteiger partial charge in [-0.2, -0.15) is 0 Å². The zero-order valence-electron chi connectivity index (χ0n) is 7.07. The Morgan fingerprint density at radius 2 is 1.89 bits per heavy atom. The Labute approximate surface area is 59.0 Å². The van der Waals surface area contributed by atoms with Crippen LogP contribution in [0.2, 0.25) is 0 Å². The van der Waals surface area contributed by atoms with Gasteiger partial charge in [-0.05, 0) is 17.8 Å². The van der Waals surface area contributed by atoms with Crippen molar-refractivity contribution in [1.29, 1.82) is 0 Å². The summed E-state index contributed by atoms with van der Waals surface area (Å²) in [7, 11) is 0. The van der Waals surface area contributed by atoms with Gasteiger partial charge in [0.25, 0.3) is 0 Å². The van der Waals surface area contributed by atoms with Crippen LogP contribution in [0.5, 0.6) is 0 Å². The van der Waals surface area contributed by atoms with E-state index >= 15 is 0 Å². The average Bonchev–Trinajstić information content (AvgIpc) is 1.62. The van der Waals surface area contributed by atoms with Crippen LogP contribution >= 0.6 is 0 Å². The molecule has 0 heterocycles. The first-order valence-electron chi connectivity index (χ1n) is 3.58. The summed E-state index contributed by atoms with van der Waals surface area (Å²) in [4.78, 5) is 0. The molecule has 0 spiro atoms. The van der Waals surface area contributed by atoms with Gasteiger partial charge in [0.1, 0.15) is 0 Å². The molecule has 0 fully saturated rings. The summed E-state index contributed by atoms with van der Waals surface area (Å²) in [5.41, 5.74) is 0.452.